The van der Waals surface area contributed by atoms with E-state index >= 15 is 0 Å². The first kappa shape index (κ1) is 24.4. The lowest BCUT2D eigenvalue weighted by atomic mass is 10.1. The number of H-pyrrole nitrogens is 1. The largest absolute Gasteiger partial charge is 0.481 e. The number of carboxylic acid groups (broad SMARTS) is 2. The van der Waals surface area contributed by atoms with Gasteiger partial charge in [0.05, 0.1) is 18.8 Å². The first-order chi connectivity index (χ1) is 14.1. The summed E-state index contributed by atoms with van der Waals surface area (Å²) in [7, 11) is 0. The SMILES string of the molecule is NC(N)=NCCCC(NC(=O)C(N)Cc1cnc[nH]1)C(=O)NC(CC(=O)O)C(=O)O. The average molecular weight is 426 g/mol. The maximum absolute atomic E-state index is 12.5. The molecular formula is C16H26N8O6. The van der Waals surface area contributed by atoms with E-state index in [1.165, 1.54) is 12.5 Å². The van der Waals surface area contributed by atoms with E-state index in [0.717, 1.165) is 0 Å². The standard InChI is InChI=1S/C16H26N8O6/c17-9(4-8-6-20-7-22-8)13(27)23-10(2-1-3-21-16(18)19)14(28)24-11(15(29)30)5-12(25)26/h6-7,9-11H,1-5,17H2,(H,20,22)(H,23,27)(H,24,28)(H,25,26)(H,29,30)(H4,18,19,21). The highest BCUT2D eigenvalue weighted by Gasteiger charge is 2.29. The van der Waals surface area contributed by atoms with Gasteiger partial charge in [0.1, 0.15) is 12.1 Å². The molecule has 166 valence electrons. The number of hydrogen-bond donors (Lipinski definition) is 8. The Morgan fingerprint density at radius 1 is 1.13 bits per heavy atom. The number of nitrogens with one attached hydrogen (secondary N) is 3. The molecule has 0 saturated carbocycles. The fourth-order valence-electron chi connectivity index (χ4n) is 2.42. The number of amides is 2. The number of aromatic amines is 1. The molecule has 0 spiro atoms. The average Bonchev–Trinajstić information content (AvgIpc) is 3.15. The Kier molecular flexibility index (Phi) is 9.75. The van der Waals surface area contributed by atoms with E-state index < -0.39 is 48.3 Å². The zero-order chi connectivity index (χ0) is 22.7. The molecular weight excluding hydrogens is 400 g/mol. The summed E-state index contributed by atoms with van der Waals surface area (Å²) in [4.78, 5) is 57.3. The lowest BCUT2D eigenvalue weighted by molar-refractivity contribution is -0.147. The fourth-order valence-corrected chi connectivity index (χ4v) is 2.42. The second-order valence-electron chi connectivity index (χ2n) is 6.39. The van der Waals surface area contributed by atoms with Gasteiger partial charge in [0, 0.05) is 24.9 Å². The van der Waals surface area contributed by atoms with Crippen molar-refractivity contribution in [3.63, 3.8) is 0 Å². The second-order valence-corrected chi connectivity index (χ2v) is 6.39. The molecule has 1 aromatic rings. The summed E-state index contributed by atoms with van der Waals surface area (Å²) in [5.41, 5.74) is 16.9. The Labute approximate surface area is 171 Å². The number of carbonyl (C=O) groups excluding carboxylic acids is 2. The number of hydrogen-bond acceptors (Lipinski definition) is 7. The smallest absolute Gasteiger partial charge is 0.326 e. The van der Waals surface area contributed by atoms with Crippen molar-refractivity contribution in [2.24, 2.45) is 22.2 Å². The van der Waals surface area contributed by atoms with E-state index in [0.29, 0.717) is 5.69 Å². The molecule has 11 N–H and O–H groups in total. The summed E-state index contributed by atoms with van der Waals surface area (Å²) in [5.74, 6) is -4.59. The molecule has 0 aliphatic rings. The van der Waals surface area contributed by atoms with Gasteiger partial charge in [-0.1, -0.05) is 0 Å². The van der Waals surface area contributed by atoms with Crippen LogP contribution >= 0.6 is 0 Å². The molecule has 2 amide bonds. The Bertz CT molecular complexity index is 762. The van der Waals surface area contributed by atoms with Crippen LogP contribution in [0.25, 0.3) is 0 Å². The Morgan fingerprint density at radius 3 is 2.33 bits per heavy atom. The molecule has 3 atom stereocenters. The first-order valence-electron chi connectivity index (χ1n) is 8.93. The number of aliphatic imine (C=N–C) groups is 1. The van der Waals surface area contributed by atoms with Crippen LogP contribution in [0.2, 0.25) is 0 Å². The first-order valence-corrected chi connectivity index (χ1v) is 8.93. The number of aliphatic carboxylic acids is 2. The Balaban J connectivity index is 2.81. The number of carboxylic acids is 2. The van der Waals surface area contributed by atoms with Crippen LogP contribution < -0.4 is 27.8 Å². The van der Waals surface area contributed by atoms with E-state index in [1.54, 1.807) is 0 Å². The molecule has 0 aromatic carbocycles. The molecule has 1 heterocycles. The van der Waals surface area contributed by atoms with E-state index in [1.807, 2.05) is 0 Å². The van der Waals surface area contributed by atoms with Crippen LogP contribution in [0.5, 0.6) is 0 Å². The minimum Gasteiger partial charge on any atom is -0.481 e. The van der Waals surface area contributed by atoms with Crippen molar-refractivity contribution in [1.29, 1.82) is 0 Å². The van der Waals surface area contributed by atoms with E-state index in [-0.39, 0.29) is 31.8 Å². The van der Waals surface area contributed by atoms with Crippen molar-refractivity contribution in [2.75, 3.05) is 6.54 Å². The third kappa shape index (κ3) is 9.01. The zero-order valence-corrected chi connectivity index (χ0v) is 16.1. The highest BCUT2D eigenvalue weighted by molar-refractivity contribution is 5.92. The molecule has 0 fully saturated rings. The topological polar surface area (TPSA) is 252 Å². The van der Waals surface area contributed by atoms with E-state index in [9.17, 15) is 19.2 Å². The summed E-state index contributed by atoms with van der Waals surface area (Å²) < 4.78 is 0. The van der Waals surface area contributed by atoms with Crippen molar-refractivity contribution in [3.05, 3.63) is 18.2 Å². The van der Waals surface area contributed by atoms with E-state index in [2.05, 4.69) is 25.6 Å². The van der Waals surface area contributed by atoms with Crippen LogP contribution in [-0.4, -0.2) is 74.6 Å². The zero-order valence-electron chi connectivity index (χ0n) is 16.1. The van der Waals surface area contributed by atoms with Gasteiger partial charge in [-0.05, 0) is 12.8 Å². The predicted octanol–water partition coefficient (Wildman–Crippen LogP) is -3.14. The molecule has 1 aromatic heterocycles. The Hall–Kier alpha value is -3.68. The molecule has 0 saturated heterocycles. The van der Waals surface area contributed by atoms with Gasteiger partial charge in [-0.2, -0.15) is 0 Å². The van der Waals surface area contributed by atoms with Gasteiger partial charge in [-0.3, -0.25) is 19.4 Å². The minimum absolute atomic E-state index is 0.0601. The second kappa shape index (κ2) is 12.0. The number of nitrogens with two attached hydrogens (primary N) is 3. The van der Waals surface area contributed by atoms with Gasteiger partial charge in [0.15, 0.2) is 5.96 Å². The quantitative estimate of drug-likeness (QED) is 0.0893. The molecule has 14 heteroatoms. The number of rotatable bonds is 13. The lowest BCUT2D eigenvalue weighted by Gasteiger charge is -2.22. The lowest BCUT2D eigenvalue weighted by Crippen LogP contribution is -2.55. The fraction of sp³-hybridized carbons (Fsp3) is 0.500. The number of guanidine groups is 1. The molecule has 14 nitrogen and oxygen atoms in total. The van der Waals surface area contributed by atoms with Crippen LogP contribution in [0, 0.1) is 0 Å². The van der Waals surface area contributed by atoms with Crippen LogP contribution in [0.1, 0.15) is 25.0 Å². The number of imidazole rings is 1. The third-order valence-corrected chi connectivity index (χ3v) is 3.90. The number of aromatic nitrogens is 2. The summed E-state index contributed by atoms with van der Waals surface area (Å²) in [5, 5.41) is 22.5. The van der Waals surface area contributed by atoms with Gasteiger partial charge in [-0.25, -0.2) is 9.78 Å². The van der Waals surface area contributed by atoms with Crippen molar-refractivity contribution < 1.29 is 29.4 Å². The summed E-state index contributed by atoms with van der Waals surface area (Å²) in [6.07, 6.45) is 2.57. The molecule has 3 unspecified atom stereocenters. The number of carbonyl (C=O) groups is 4. The van der Waals surface area contributed by atoms with Gasteiger partial charge in [0.2, 0.25) is 11.8 Å². The predicted molar refractivity (Wildman–Crippen MR) is 104 cm³/mol. The maximum atomic E-state index is 12.5. The van der Waals surface area contributed by atoms with E-state index in [4.69, 9.17) is 27.4 Å². The van der Waals surface area contributed by atoms with Gasteiger partial charge in [-0.15, -0.1) is 0 Å². The highest BCUT2D eigenvalue weighted by atomic mass is 16.4. The van der Waals surface area contributed by atoms with Crippen LogP contribution in [0.15, 0.2) is 17.5 Å². The van der Waals surface area contributed by atoms with Gasteiger partial charge < -0.3 is 43.0 Å². The molecule has 0 bridgehead atoms. The van der Waals surface area contributed by atoms with Crippen LogP contribution in [-0.2, 0) is 25.6 Å². The molecule has 1 rings (SSSR count). The van der Waals surface area contributed by atoms with Crippen LogP contribution in [0.4, 0.5) is 0 Å². The molecule has 0 radical (unpaired) electrons. The van der Waals surface area contributed by atoms with Crippen molar-refractivity contribution in [2.45, 2.75) is 43.8 Å². The maximum Gasteiger partial charge on any atom is 0.326 e. The summed E-state index contributed by atoms with van der Waals surface area (Å²) in [6, 6.07) is -3.84. The molecule has 0 aliphatic heterocycles. The van der Waals surface area contributed by atoms with Crippen LogP contribution in [0.3, 0.4) is 0 Å². The summed E-state index contributed by atoms with van der Waals surface area (Å²) >= 11 is 0. The van der Waals surface area contributed by atoms with Crippen molar-refractivity contribution >= 4 is 29.7 Å². The van der Waals surface area contributed by atoms with Gasteiger partial charge >= 0.3 is 11.9 Å². The third-order valence-electron chi connectivity index (χ3n) is 3.90. The number of nitrogens with zero attached hydrogens (tertiary/aromatic N) is 2. The summed E-state index contributed by atoms with van der Waals surface area (Å²) in [6.45, 7) is 0.166. The Morgan fingerprint density at radius 2 is 1.80 bits per heavy atom. The monoisotopic (exact) mass is 426 g/mol. The van der Waals surface area contributed by atoms with Crippen molar-refractivity contribution in [3.8, 4) is 0 Å². The normalized spacial score (nSPS) is 13.5. The minimum atomic E-state index is -1.66. The van der Waals surface area contributed by atoms with Gasteiger partial charge in [0.25, 0.3) is 0 Å². The molecule has 0 aliphatic carbocycles. The highest BCUT2D eigenvalue weighted by Crippen LogP contribution is 2.03. The molecule has 30 heavy (non-hydrogen) atoms. The van der Waals surface area contributed by atoms with Crippen molar-refractivity contribution in [1.82, 2.24) is 20.6 Å².